The summed E-state index contributed by atoms with van der Waals surface area (Å²) in [6.07, 6.45) is 1.93. The normalized spacial score (nSPS) is 10.6. The number of hydrogen-bond donors (Lipinski definition) is 0. The number of aryl methyl sites for hydroxylation is 1. The number of alkyl halides is 1. The SMILES string of the molecule is Cc1ccc(-n2ccc(CCl)n2)cc1I. The lowest BCUT2D eigenvalue weighted by Crippen LogP contribution is -1.96. The highest BCUT2D eigenvalue weighted by Crippen LogP contribution is 2.16. The summed E-state index contributed by atoms with van der Waals surface area (Å²) in [5.74, 6) is 0.454. The van der Waals surface area contributed by atoms with E-state index in [4.69, 9.17) is 11.6 Å². The highest BCUT2D eigenvalue weighted by molar-refractivity contribution is 14.1. The van der Waals surface area contributed by atoms with Crippen molar-refractivity contribution in [1.82, 2.24) is 9.78 Å². The summed E-state index contributed by atoms with van der Waals surface area (Å²) >= 11 is 8.03. The van der Waals surface area contributed by atoms with Crippen LogP contribution in [-0.4, -0.2) is 9.78 Å². The molecule has 0 aliphatic heterocycles. The second kappa shape index (κ2) is 4.53. The highest BCUT2D eigenvalue weighted by atomic mass is 127. The van der Waals surface area contributed by atoms with Crippen LogP contribution < -0.4 is 0 Å². The van der Waals surface area contributed by atoms with Crippen LogP contribution in [0.1, 0.15) is 11.3 Å². The Morgan fingerprint density at radius 2 is 2.20 bits per heavy atom. The number of benzene rings is 1. The summed E-state index contributed by atoms with van der Waals surface area (Å²) in [6, 6.07) is 8.20. The van der Waals surface area contributed by atoms with Gasteiger partial charge in [-0.05, 0) is 53.3 Å². The van der Waals surface area contributed by atoms with Crippen molar-refractivity contribution in [2.24, 2.45) is 0 Å². The van der Waals surface area contributed by atoms with Crippen molar-refractivity contribution in [2.75, 3.05) is 0 Å². The predicted octanol–water partition coefficient (Wildman–Crippen LogP) is 3.52. The van der Waals surface area contributed by atoms with Gasteiger partial charge in [-0.2, -0.15) is 5.10 Å². The van der Waals surface area contributed by atoms with E-state index >= 15 is 0 Å². The number of rotatable bonds is 2. The van der Waals surface area contributed by atoms with Gasteiger partial charge in [-0.1, -0.05) is 6.07 Å². The Morgan fingerprint density at radius 1 is 1.40 bits per heavy atom. The zero-order chi connectivity index (χ0) is 10.8. The Balaban J connectivity index is 2.40. The fraction of sp³-hybridized carbons (Fsp3) is 0.182. The molecule has 1 aromatic carbocycles. The van der Waals surface area contributed by atoms with Crippen molar-refractivity contribution in [1.29, 1.82) is 0 Å². The first-order chi connectivity index (χ1) is 7.20. The van der Waals surface area contributed by atoms with E-state index in [0.717, 1.165) is 11.4 Å². The van der Waals surface area contributed by atoms with Crippen molar-refractivity contribution in [3.63, 3.8) is 0 Å². The standard InChI is InChI=1S/C11H10ClIN2/c1-8-2-3-10(6-11(8)13)15-5-4-9(7-12)14-15/h2-6H,7H2,1H3. The first-order valence-electron chi connectivity index (χ1n) is 4.58. The lowest BCUT2D eigenvalue weighted by atomic mass is 10.2. The van der Waals surface area contributed by atoms with Gasteiger partial charge in [-0.25, -0.2) is 4.68 Å². The minimum Gasteiger partial charge on any atom is -0.241 e. The Morgan fingerprint density at radius 3 is 2.80 bits per heavy atom. The van der Waals surface area contributed by atoms with Gasteiger partial charge in [-0.3, -0.25) is 0 Å². The molecule has 4 heteroatoms. The van der Waals surface area contributed by atoms with Crippen LogP contribution in [0, 0.1) is 10.5 Å². The smallest absolute Gasteiger partial charge is 0.0776 e. The van der Waals surface area contributed by atoms with Crippen LogP contribution in [0.25, 0.3) is 5.69 Å². The summed E-state index contributed by atoms with van der Waals surface area (Å²) < 4.78 is 3.09. The molecule has 1 aromatic heterocycles. The Kier molecular flexibility index (Phi) is 3.31. The van der Waals surface area contributed by atoms with Gasteiger partial charge in [0.15, 0.2) is 0 Å². The molecule has 0 N–H and O–H groups in total. The van der Waals surface area contributed by atoms with Crippen LogP contribution in [0.4, 0.5) is 0 Å². The zero-order valence-corrected chi connectivity index (χ0v) is 11.2. The molecule has 0 saturated carbocycles. The van der Waals surface area contributed by atoms with E-state index in [-0.39, 0.29) is 0 Å². The molecule has 2 nitrogen and oxygen atoms in total. The van der Waals surface area contributed by atoms with Crippen LogP contribution in [0.15, 0.2) is 30.5 Å². The quantitative estimate of drug-likeness (QED) is 0.608. The van der Waals surface area contributed by atoms with E-state index in [0.29, 0.717) is 5.88 Å². The third kappa shape index (κ3) is 2.34. The van der Waals surface area contributed by atoms with E-state index in [1.54, 1.807) is 0 Å². The molecule has 15 heavy (non-hydrogen) atoms. The van der Waals surface area contributed by atoms with Gasteiger partial charge in [0.05, 0.1) is 17.3 Å². The maximum atomic E-state index is 5.71. The molecule has 0 aliphatic rings. The van der Waals surface area contributed by atoms with Gasteiger partial charge < -0.3 is 0 Å². The molecule has 2 aromatic rings. The monoisotopic (exact) mass is 332 g/mol. The second-order valence-electron chi connectivity index (χ2n) is 3.32. The van der Waals surface area contributed by atoms with Gasteiger partial charge in [-0.15, -0.1) is 11.6 Å². The van der Waals surface area contributed by atoms with Crippen LogP contribution in [0.3, 0.4) is 0 Å². The molecule has 2 rings (SSSR count). The van der Waals surface area contributed by atoms with Gasteiger partial charge in [0.25, 0.3) is 0 Å². The molecular formula is C11H10ClIN2. The fourth-order valence-electron chi connectivity index (χ4n) is 1.30. The molecule has 0 unspecified atom stereocenters. The summed E-state index contributed by atoms with van der Waals surface area (Å²) in [7, 11) is 0. The molecule has 1 heterocycles. The van der Waals surface area contributed by atoms with E-state index < -0.39 is 0 Å². The lowest BCUT2D eigenvalue weighted by molar-refractivity contribution is 0.857. The van der Waals surface area contributed by atoms with Crippen molar-refractivity contribution >= 4 is 34.2 Å². The summed E-state index contributed by atoms with van der Waals surface area (Å²) in [5.41, 5.74) is 3.25. The van der Waals surface area contributed by atoms with Crippen molar-refractivity contribution in [3.05, 3.63) is 45.3 Å². The van der Waals surface area contributed by atoms with Gasteiger partial charge in [0.2, 0.25) is 0 Å². The third-order valence-electron chi connectivity index (χ3n) is 2.20. The number of hydrogen-bond acceptors (Lipinski definition) is 1. The molecule has 0 amide bonds. The minimum absolute atomic E-state index is 0.454. The average Bonchev–Trinajstić information content (AvgIpc) is 2.70. The van der Waals surface area contributed by atoms with Crippen molar-refractivity contribution in [2.45, 2.75) is 12.8 Å². The Labute approximate surface area is 107 Å². The van der Waals surface area contributed by atoms with E-state index in [1.165, 1.54) is 9.13 Å². The summed E-state index contributed by atoms with van der Waals surface area (Å²) in [5, 5.41) is 4.35. The first kappa shape index (κ1) is 11.0. The largest absolute Gasteiger partial charge is 0.241 e. The first-order valence-corrected chi connectivity index (χ1v) is 6.19. The third-order valence-corrected chi connectivity index (χ3v) is 3.64. The van der Waals surface area contributed by atoms with E-state index in [1.807, 2.05) is 16.9 Å². The van der Waals surface area contributed by atoms with Crippen molar-refractivity contribution < 1.29 is 0 Å². The number of aromatic nitrogens is 2. The Hall–Kier alpha value is -0.550. The fourth-order valence-corrected chi connectivity index (χ4v) is 1.94. The van der Waals surface area contributed by atoms with Gasteiger partial charge in [0.1, 0.15) is 0 Å². The molecule has 0 aliphatic carbocycles. The van der Waals surface area contributed by atoms with Gasteiger partial charge >= 0.3 is 0 Å². The van der Waals surface area contributed by atoms with Crippen LogP contribution in [0.5, 0.6) is 0 Å². The molecular weight excluding hydrogens is 322 g/mol. The molecule has 0 fully saturated rings. The Bertz CT molecular complexity index is 479. The van der Waals surface area contributed by atoms with Crippen LogP contribution >= 0.6 is 34.2 Å². The predicted molar refractivity (Wildman–Crippen MR) is 70.6 cm³/mol. The second-order valence-corrected chi connectivity index (χ2v) is 4.75. The minimum atomic E-state index is 0.454. The average molecular weight is 333 g/mol. The van der Waals surface area contributed by atoms with E-state index in [2.05, 4.69) is 52.8 Å². The molecule has 0 saturated heterocycles. The van der Waals surface area contributed by atoms with Crippen molar-refractivity contribution in [3.8, 4) is 5.69 Å². The molecule has 78 valence electrons. The highest BCUT2D eigenvalue weighted by Gasteiger charge is 2.02. The zero-order valence-electron chi connectivity index (χ0n) is 8.24. The van der Waals surface area contributed by atoms with Crippen LogP contribution in [-0.2, 0) is 5.88 Å². The molecule has 0 atom stereocenters. The van der Waals surface area contributed by atoms with Crippen LogP contribution in [0.2, 0.25) is 0 Å². The van der Waals surface area contributed by atoms with Gasteiger partial charge in [0, 0.05) is 9.77 Å². The molecule has 0 bridgehead atoms. The number of halogens is 2. The molecule has 0 radical (unpaired) electrons. The number of nitrogens with zero attached hydrogens (tertiary/aromatic N) is 2. The molecule has 0 spiro atoms. The summed E-state index contributed by atoms with van der Waals surface area (Å²) in [6.45, 7) is 2.10. The maximum absolute atomic E-state index is 5.71. The summed E-state index contributed by atoms with van der Waals surface area (Å²) in [4.78, 5) is 0. The lowest BCUT2D eigenvalue weighted by Gasteiger charge is -2.03. The maximum Gasteiger partial charge on any atom is 0.0776 e. The topological polar surface area (TPSA) is 17.8 Å². The van der Waals surface area contributed by atoms with E-state index in [9.17, 15) is 0 Å².